The van der Waals surface area contributed by atoms with Crippen LogP contribution in [-0.4, -0.2) is 6.61 Å². The summed E-state index contributed by atoms with van der Waals surface area (Å²) in [6.45, 7) is 1.39. The van der Waals surface area contributed by atoms with E-state index in [0.717, 1.165) is 23.7 Å². The number of hydrogen-bond donors (Lipinski definition) is 1. The summed E-state index contributed by atoms with van der Waals surface area (Å²) in [4.78, 5) is 0. The van der Waals surface area contributed by atoms with Crippen LogP contribution in [0.4, 0.5) is 0 Å². The highest BCUT2D eigenvalue weighted by molar-refractivity contribution is 6.30. The Hall–Kier alpha value is -2.02. The summed E-state index contributed by atoms with van der Waals surface area (Å²) in [5, 5.41) is 13.0. The number of nitriles is 1. The van der Waals surface area contributed by atoms with Gasteiger partial charge in [-0.2, -0.15) is 5.26 Å². The second-order valence-electron chi connectivity index (χ2n) is 6.51. The van der Waals surface area contributed by atoms with Crippen molar-refractivity contribution in [3.05, 3.63) is 64.7 Å². The van der Waals surface area contributed by atoms with Gasteiger partial charge in [-0.05, 0) is 60.6 Å². The zero-order valence-corrected chi connectivity index (χ0v) is 15.0. The van der Waals surface area contributed by atoms with Gasteiger partial charge in [-0.15, -0.1) is 0 Å². The van der Waals surface area contributed by atoms with E-state index in [9.17, 15) is 0 Å². The fourth-order valence-electron chi connectivity index (χ4n) is 2.97. The molecule has 0 saturated heterocycles. The first-order valence-corrected chi connectivity index (χ1v) is 9.21. The Morgan fingerprint density at radius 2 is 2.00 bits per heavy atom. The molecule has 3 rings (SSSR count). The average Bonchev–Trinajstić information content (AvgIpc) is 3.46. The molecule has 2 aromatic rings. The van der Waals surface area contributed by atoms with Crippen molar-refractivity contribution in [3.63, 3.8) is 0 Å². The monoisotopic (exact) mass is 354 g/mol. The van der Waals surface area contributed by atoms with Crippen LogP contribution in [0.25, 0.3) is 0 Å². The van der Waals surface area contributed by atoms with Gasteiger partial charge in [0.25, 0.3) is 0 Å². The van der Waals surface area contributed by atoms with Gasteiger partial charge < -0.3 is 10.1 Å². The van der Waals surface area contributed by atoms with Crippen molar-refractivity contribution in [2.75, 3.05) is 6.61 Å². The molecule has 0 bridgehead atoms. The molecule has 0 aliphatic heterocycles. The van der Waals surface area contributed by atoms with Gasteiger partial charge in [0.1, 0.15) is 5.75 Å². The molecule has 1 fully saturated rings. The Morgan fingerprint density at radius 3 is 2.72 bits per heavy atom. The van der Waals surface area contributed by atoms with Crippen molar-refractivity contribution < 1.29 is 4.74 Å². The summed E-state index contributed by atoms with van der Waals surface area (Å²) in [5.41, 5.74) is 2.51. The van der Waals surface area contributed by atoms with Crippen molar-refractivity contribution in [1.82, 2.24) is 5.32 Å². The Labute approximate surface area is 154 Å². The number of hydrogen-bond acceptors (Lipinski definition) is 3. The molecule has 1 N–H and O–H groups in total. The lowest BCUT2D eigenvalue weighted by molar-refractivity contribution is 0.312. The molecule has 0 spiro atoms. The molecule has 0 heterocycles. The van der Waals surface area contributed by atoms with Crippen molar-refractivity contribution in [2.45, 2.75) is 38.3 Å². The van der Waals surface area contributed by atoms with Gasteiger partial charge in [0.2, 0.25) is 0 Å². The van der Waals surface area contributed by atoms with Gasteiger partial charge in [0.15, 0.2) is 0 Å². The van der Waals surface area contributed by atoms with E-state index < -0.39 is 0 Å². The molecule has 0 radical (unpaired) electrons. The van der Waals surface area contributed by atoms with Gasteiger partial charge in [-0.3, -0.25) is 0 Å². The van der Waals surface area contributed by atoms with Crippen LogP contribution in [0.15, 0.2) is 48.5 Å². The van der Waals surface area contributed by atoms with E-state index in [1.54, 1.807) is 0 Å². The number of halogens is 1. The molecule has 0 amide bonds. The zero-order chi connectivity index (χ0) is 17.5. The average molecular weight is 355 g/mol. The minimum absolute atomic E-state index is 0.373. The van der Waals surface area contributed by atoms with Crippen molar-refractivity contribution in [2.24, 2.45) is 5.92 Å². The van der Waals surface area contributed by atoms with E-state index in [1.807, 2.05) is 24.3 Å². The largest absolute Gasteiger partial charge is 0.494 e. The smallest absolute Gasteiger partial charge is 0.119 e. The highest BCUT2D eigenvalue weighted by Crippen LogP contribution is 2.41. The van der Waals surface area contributed by atoms with Gasteiger partial charge in [-0.25, -0.2) is 0 Å². The van der Waals surface area contributed by atoms with Crippen LogP contribution in [0.1, 0.15) is 42.9 Å². The number of benzene rings is 2. The first kappa shape index (κ1) is 17.8. The Bertz CT molecular complexity index is 719. The summed E-state index contributed by atoms with van der Waals surface area (Å²) >= 11 is 6.01. The molecule has 1 unspecified atom stereocenters. The van der Waals surface area contributed by atoms with E-state index in [-0.39, 0.29) is 0 Å². The van der Waals surface area contributed by atoms with Gasteiger partial charge >= 0.3 is 0 Å². The molecule has 3 nitrogen and oxygen atoms in total. The minimum Gasteiger partial charge on any atom is -0.494 e. The molecule has 2 aromatic carbocycles. The third kappa shape index (κ3) is 5.49. The molecule has 1 aliphatic carbocycles. The predicted molar refractivity (Wildman–Crippen MR) is 101 cm³/mol. The topological polar surface area (TPSA) is 45.0 Å². The molecule has 1 aliphatic rings. The second-order valence-corrected chi connectivity index (χ2v) is 6.94. The van der Waals surface area contributed by atoms with E-state index in [2.05, 4.69) is 35.7 Å². The van der Waals surface area contributed by atoms with Crippen LogP contribution < -0.4 is 10.1 Å². The standard InChI is InChI=1S/C21H23ClN2O/c22-19-10-8-18(9-11-19)21(17-6-7-17)24-15-16-4-3-5-20(14-16)25-13-2-1-12-23/h3-5,8-11,14,17,21,24H,1-2,6-7,13,15H2. The first-order chi connectivity index (χ1) is 12.3. The number of ether oxygens (including phenoxy) is 1. The summed E-state index contributed by atoms with van der Waals surface area (Å²) in [6.07, 6.45) is 3.86. The van der Waals surface area contributed by atoms with E-state index in [1.165, 1.54) is 24.0 Å². The second kappa shape index (κ2) is 8.89. The lowest BCUT2D eigenvalue weighted by Crippen LogP contribution is -2.22. The first-order valence-electron chi connectivity index (χ1n) is 8.84. The molecule has 1 saturated carbocycles. The Kier molecular flexibility index (Phi) is 6.33. The SMILES string of the molecule is N#CCCCOc1cccc(CNC(c2ccc(Cl)cc2)C2CC2)c1. The van der Waals surface area contributed by atoms with Crippen molar-refractivity contribution in [1.29, 1.82) is 5.26 Å². The molecule has 1 atom stereocenters. The van der Waals surface area contributed by atoms with Crippen molar-refractivity contribution >= 4 is 11.6 Å². The Balaban J connectivity index is 1.58. The Morgan fingerprint density at radius 1 is 1.20 bits per heavy atom. The number of unbranched alkanes of at least 4 members (excludes halogenated alkanes) is 1. The van der Waals surface area contributed by atoms with E-state index in [0.29, 0.717) is 25.0 Å². The molecule has 0 aromatic heterocycles. The third-order valence-electron chi connectivity index (χ3n) is 4.45. The lowest BCUT2D eigenvalue weighted by atomic mass is 10.0. The zero-order valence-electron chi connectivity index (χ0n) is 14.2. The highest BCUT2D eigenvalue weighted by atomic mass is 35.5. The van der Waals surface area contributed by atoms with Gasteiger partial charge in [0, 0.05) is 24.0 Å². The minimum atomic E-state index is 0.373. The molecule has 130 valence electrons. The van der Waals surface area contributed by atoms with Crippen LogP contribution in [0.3, 0.4) is 0 Å². The molecular weight excluding hydrogens is 332 g/mol. The normalized spacial score (nSPS) is 14.7. The van der Waals surface area contributed by atoms with E-state index in [4.69, 9.17) is 21.6 Å². The maximum absolute atomic E-state index is 8.57. The maximum atomic E-state index is 8.57. The number of nitrogens with one attached hydrogen (secondary N) is 1. The van der Waals surface area contributed by atoms with E-state index >= 15 is 0 Å². The van der Waals surface area contributed by atoms with Gasteiger partial charge in [0.05, 0.1) is 12.7 Å². The van der Waals surface area contributed by atoms with Crippen LogP contribution in [0, 0.1) is 17.2 Å². The number of rotatable bonds is 9. The highest BCUT2D eigenvalue weighted by Gasteiger charge is 2.31. The molecular formula is C21H23ClN2O. The van der Waals surface area contributed by atoms with Crippen molar-refractivity contribution in [3.8, 4) is 11.8 Å². The van der Waals surface area contributed by atoms with Gasteiger partial charge in [-0.1, -0.05) is 35.9 Å². The summed E-state index contributed by atoms with van der Waals surface area (Å²) in [5.74, 6) is 1.58. The quantitative estimate of drug-likeness (QED) is 0.624. The van der Waals surface area contributed by atoms with Crippen LogP contribution >= 0.6 is 11.6 Å². The van der Waals surface area contributed by atoms with Crippen LogP contribution in [-0.2, 0) is 6.54 Å². The fourth-order valence-corrected chi connectivity index (χ4v) is 3.10. The third-order valence-corrected chi connectivity index (χ3v) is 4.70. The summed E-state index contributed by atoms with van der Waals surface area (Å²) in [7, 11) is 0. The lowest BCUT2D eigenvalue weighted by Gasteiger charge is -2.19. The molecule has 25 heavy (non-hydrogen) atoms. The van der Waals surface area contributed by atoms with Crippen LogP contribution in [0.2, 0.25) is 5.02 Å². The fraction of sp³-hybridized carbons (Fsp3) is 0.381. The molecule has 4 heteroatoms. The summed E-state index contributed by atoms with van der Waals surface area (Å²) in [6, 6.07) is 18.8. The predicted octanol–water partition coefficient (Wildman–Crippen LogP) is 5.26. The van der Waals surface area contributed by atoms with Crippen LogP contribution in [0.5, 0.6) is 5.75 Å². The number of nitrogens with zero attached hydrogens (tertiary/aromatic N) is 1. The maximum Gasteiger partial charge on any atom is 0.119 e. The summed E-state index contributed by atoms with van der Waals surface area (Å²) < 4.78 is 5.72.